The SMILES string of the molecule is CN(CCc1ccncc1)Cc1cc(C(=O)O)ccc1F. The zero-order valence-electron chi connectivity index (χ0n) is 11.8. The monoisotopic (exact) mass is 288 g/mol. The predicted octanol–water partition coefficient (Wildman–Crippen LogP) is 2.59. The average molecular weight is 288 g/mol. The van der Waals surface area contributed by atoms with E-state index in [9.17, 15) is 9.18 Å². The number of likely N-dealkylation sites (N-methyl/N-ethyl adjacent to an activating group) is 1. The van der Waals surface area contributed by atoms with Crippen LogP contribution in [0.5, 0.6) is 0 Å². The second-order valence-electron chi connectivity index (χ2n) is 4.95. The third-order valence-corrected chi connectivity index (χ3v) is 3.26. The summed E-state index contributed by atoms with van der Waals surface area (Å²) in [4.78, 5) is 16.8. The Hall–Kier alpha value is -2.27. The maximum atomic E-state index is 13.7. The summed E-state index contributed by atoms with van der Waals surface area (Å²) in [6, 6.07) is 7.76. The average Bonchev–Trinajstić information content (AvgIpc) is 2.48. The molecular formula is C16H17FN2O2. The molecule has 1 N–H and O–H groups in total. The largest absolute Gasteiger partial charge is 0.478 e. The molecule has 0 aliphatic rings. The van der Waals surface area contributed by atoms with E-state index in [1.54, 1.807) is 12.4 Å². The molecule has 0 aliphatic carbocycles. The van der Waals surface area contributed by atoms with Gasteiger partial charge in [0.25, 0.3) is 0 Å². The zero-order chi connectivity index (χ0) is 15.2. The first-order valence-electron chi connectivity index (χ1n) is 6.65. The number of benzene rings is 1. The summed E-state index contributed by atoms with van der Waals surface area (Å²) >= 11 is 0. The fourth-order valence-electron chi connectivity index (χ4n) is 2.07. The van der Waals surface area contributed by atoms with Gasteiger partial charge in [-0.1, -0.05) is 0 Å². The second kappa shape index (κ2) is 6.95. The standard InChI is InChI=1S/C16H17FN2O2/c1-19(9-6-12-4-7-18-8-5-12)11-14-10-13(16(20)21)2-3-15(14)17/h2-5,7-8,10H,6,9,11H2,1H3,(H,20,21). The van der Waals surface area contributed by atoms with Crippen LogP contribution in [0.15, 0.2) is 42.7 Å². The van der Waals surface area contributed by atoms with Crippen molar-refractivity contribution in [2.24, 2.45) is 0 Å². The molecular weight excluding hydrogens is 271 g/mol. The Kier molecular flexibility index (Phi) is 5.00. The van der Waals surface area contributed by atoms with Gasteiger partial charge in [-0.05, 0) is 49.4 Å². The van der Waals surface area contributed by atoms with Crippen LogP contribution < -0.4 is 0 Å². The Labute approximate surface area is 122 Å². The maximum Gasteiger partial charge on any atom is 0.335 e. The minimum atomic E-state index is -1.05. The van der Waals surface area contributed by atoms with Crippen LogP contribution in [0.3, 0.4) is 0 Å². The summed E-state index contributed by atoms with van der Waals surface area (Å²) in [6.07, 6.45) is 4.32. The molecule has 0 unspecified atom stereocenters. The van der Waals surface area contributed by atoms with E-state index in [1.807, 2.05) is 24.1 Å². The fraction of sp³-hybridized carbons (Fsp3) is 0.250. The third kappa shape index (κ3) is 4.36. The van der Waals surface area contributed by atoms with Crippen molar-refractivity contribution in [1.82, 2.24) is 9.88 Å². The summed E-state index contributed by atoms with van der Waals surface area (Å²) in [5.41, 5.74) is 1.66. The van der Waals surface area contributed by atoms with Crippen LogP contribution in [0.2, 0.25) is 0 Å². The van der Waals surface area contributed by atoms with Gasteiger partial charge in [-0.3, -0.25) is 4.98 Å². The van der Waals surface area contributed by atoms with E-state index in [4.69, 9.17) is 5.11 Å². The Morgan fingerprint density at radius 3 is 2.67 bits per heavy atom. The Morgan fingerprint density at radius 2 is 2.00 bits per heavy atom. The number of carboxylic acids is 1. The number of hydrogen-bond acceptors (Lipinski definition) is 3. The maximum absolute atomic E-state index is 13.7. The van der Waals surface area contributed by atoms with Crippen molar-refractivity contribution in [2.75, 3.05) is 13.6 Å². The van der Waals surface area contributed by atoms with Crippen LogP contribution in [-0.4, -0.2) is 34.6 Å². The molecule has 0 bridgehead atoms. The Morgan fingerprint density at radius 1 is 1.29 bits per heavy atom. The van der Waals surface area contributed by atoms with Crippen molar-refractivity contribution in [1.29, 1.82) is 0 Å². The van der Waals surface area contributed by atoms with E-state index in [1.165, 1.54) is 18.2 Å². The van der Waals surface area contributed by atoms with Gasteiger partial charge in [-0.2, -0.15) is 0 Å². The Bertz CT molecular complexity index is 617. The highest BCUT2D eigenvalue weighted by Gasteiger charge is 2.10. The minimum Gasteiger partial charge on any atom is -0.478 e. The first kappa shape index (κ1) is 15.1. The van der Waals surface area contributed by atoms with Crippen molar-refractivity contribution >= 4 is 5.97 Å². The number of pyridine rings is 1. The van der Waals surface area contributed by atoms with Gasteiger partial charge in [0, 0.05) is 31.0 Å². The quantitative estimate of drug-likeness (QED) is 0.887. The first-order valence-corrected chi connectivity index (χ1v) is 6.65. The van der Waals surface area contributed by atoms with Gasteiger partial charge in [0.1, 0.15) is 5.82 Å². The first-order chi connectivity index (χ1) is 10.1. The van der Waals surface area contributed by atoms with Gasteiger partial charge >= 0.3 is 5.97 Å². The molecule has 1 aromatic heterocycles. The number of carboxylic acid groups (broad SMARTS) is 1. The summed E-state index contributed by atoms with van der Waals surface area (Å²) in [5.74, 6) is -1.42. The normalized spacial score (nSPS) is 10.8. The van der Waals surface area contributed by atoms with Crippen LogP contribution >= 0.6 is 0 Å². The summed E-state index contributed by atoms with van der Waals surface area (Å²) in [7, 11) is 1.88. The van der Waals surface area contributed by atoms with E-state index in [2.05, 4.69) is 4.98 Å². The van der Waals surface area contributed by atoms with Crippen molar-refractivity contribution < 1.29 is 14.3 Å². The highest BCUT2D eigenvalue weighted by atomic mass is 19.1. The summed E-state index contributed by atoms with van der Waals surface area (Å²) in [6.45, 7) is 1.12. The van der Waals surface area contributed by atoms with Crippen LogP contribution in [0.4, 0.5) is 4.39 Å². The van der Waals surface area contributed by atoms with E-state index >= 15 is 0 Å². The lowest BCUT2D eigenvalue weighted by Crippen LogP contribution is -2.21. The minimum absolute atomic E-state index is 0.105. The van der Waals surface area contributed by atoms with Gasteiger partial charge in [-0.25, -0.2) is 9.18 Å². The van der Waals surface area contributed by atoms with Gasteiger partial charge in [0.2, 0.25) is 0 Å². The second-order valence-corrected chi connectivity index (χ2v) is 4.95. The molecule has 0 radical (unpaired) electrons. The molecule has 110 valence electrons. The highest BCUT2D eigenvalue weighted by molar-refractivity contribution is 5.87. The molecule has 0 spiro atoms. The van der Waals surface area contributed by atoms with E-state index in [-0.39, 0.29) is 11.4 Å². The lowest BCUT2D eigenvalue weighted by molar-refractivity contribution is 0.0696. The number of nitrogens with zero attached hydrogens (tertiary/aromatic N) is 2. The van der Waals surface area contributed by atoms with Crippen LogP contribution in [0, 0.1) is 5.82 Å². The summed E-state index contributed by atoms with van der Waals surface area (Å²) in [5, 5.41) is 8.94. The van der Waals surface area contributed by atoms with Crippen LogP contribution in [0.1, 0.15) is 21.5 Å². The molecule has 1 aromatic carbocycles. The Balaban J connectivity index is 1.97. The van der Waals surface area contributed by atoms with Gasteiger partial charge < -0.3 is 10.0 Å². The van der Waals surface area contributed by atoms with Gasteiger partial charge in [0.15, 0.2) is 0 Å². The van der Waals surface area contributed by atoms with Crippen LogP contribution in [0.25, 0.3) is 0 Å². The van der Waals surface area contributed by atoms with Crippen molar-refractivity contribution in [3.05, 3.63) is 65.2 Å². The van der Waals surface area contributed by atoms with E-state index < -0.39 is 5.97 Å². The third-order valence-electron chi connectivity index (χ3n) is 3.26. The molecule has 0 fully saturated rings. The van der Waals surface area contributed by atoms with Crippen LogP contribution in [-0.2, 0) is 13.0 Å². The van der Waals surface area contributed by atoms with Crippen molar-refractivity contribution in [3.8, 4) is 0 Å². The van der Waals surface area contributed by atoms with Gasteiger partial charge in [-0.15, -0.1) is 0 Å². The fourth-order valence-corrected chi connectivity index (χ4v) is 2.07. The molecule has 0 aliphatic heterocycles. The number of aromatic nitrogens is 1. The molecule has 0 atom stereocenters. The molecule has 1 heterocycles. The van der Waals surface area contributed by atoms with E-state index in [0.717, 1.165) is 18.5 Å². The predicted molar refractivity (Wildman–Crippen MR) is 77.6 cm³/mol. The topological polar surface area (TPSA) is 53.4 Å². The molecule has 0 amide bonds. The molecule has 2 aromatic rings. The number of halogens is 1. The molecule has 2 rings (SSSR count). The van der Waals surface area contributed by atoms with Crippen molar-refractivity contribution in [2.45, 2.75) is 13.0 Å². The highest BCUT2D eigenvalue weighted by Crippen LogP contribution is 2.13. The van der Waals surface area contributed by atoms with Crippen molar-refractivity contribution in [3.63, 3.8) is 0 Å². The molecule has 0 saturated carbocycles. The lowest BCUT2D eigenvalue weighted by atomic mass is 10.1. The molecule has 4 nitrogen and oxygen atoms in total. The number of carbonyl (C=O) groups is 1. The summed E-state index contributed by atoms with van der Waals surface area (Å²) < 4.78 is 13.7. The zero-order valence-corrected chi connectivity index (χ0v) is 11.8. The number of aromatic carboxylic acids is 1. The molecule has 5 heteroatoms. The van der Waals surface area contributed by atoms with E-state index in [0.29, 0.717) is 12.1 Å². The molecule has 21 heavy (non-hydrogen) atoms. The van der Waals surface area contributed by atoms with Gasteiger partial charge in [0.05, 0.1) is 5.56 Å². The molecule has 0 saturated heterocycles. The number of rotatable bonds is 6. The smallest absolute Gasteiger partial charge is 0.335 e. The number of hydrogen-bond donors (Lipinski definition) is 1. The lowest BCUT2D eigenvalue weighted by Gasteiger charge is -2.17.